The minimum Gasteiger partial charge on any atom is -0.477 e. The molecular formula is C6H2Br2O3S. The molecule has 0 amide bonds. The van der Waals surface area contributed by atoms with E-state index in [-0.39, 0.29) is 10.4 Å². The number of hydrogen-bond donors (Lipinski definition) is 1. The Morgan fingerprint density at radius 3 is 2.42 bits per heavy atom. The first kappa shape index (κ1) is 9.88. The highest BCUT2D eigenvalue weighted by molar-refractivity contribution is 9.13. The van der Waals surface area contributed by atoms with Crippen molar-refractivity contribution in [2.24, 2.45) is 0 Å². The molecule has 0 spiro atoms. The number of carboxylic acids is 1. The van der Waals surface area contributed by atoms with Crippen LogP contribution < -0.4 is 0 Å². The number of thiophene rings is 1. The maximum Gasteiger partial charge on any atom is 0.346 e. The van der Waals surface area contributed by atoms with Gasteiger partial charge in [-0.25, -0.2) is 4.79 Å². The molecule has 64 valence electrons. The molecule has 1 rings (SSSR count). The lowest BCUT2D eigenvalue weighted by Gasteiger charge is -1.88. The summed E-state index contributed by atoms with van der Waals surface area (Å²) in [7, 11) is 0. The van der Waals surface area contributed by atoms with Gasteiger partial charge >= 0.3 is 5.97 Å². The lowest BCUT2D eigenvalue weighted by molar-refractivity contribution is 0.0699. The van der Waals surface area contributed by atoms with E-state index in [1.54, 1.807) is 0 Å². The highest BCUT2D eigenvalue weighted by Gasteiger charge is 2.18. The Balaban J connectivity index is 3.39. The summed E-state index contributed by atoms with van der Waals surface area (Å²) in [5, 5.41) is 8.64. The van der Waals surface area contributed by atoms with Gasteiger partial charge in [0.15, 0.2) is 6.29 Å². The second-order valence-electron chi connectivity index (χ2n) is 1.86. The van der Waals surface area contributed by atoms with Gasteiger partial charge in [0.25, 0.3) is 0 Å². The van der Waals surface area contributed by atoms with Crippen molar-refractivity contribution in [3.05, 3.63) is 18.7 Å². The summed E-state index contributed by atoms with van der Waals surface area (Å²) in [6, 6.07) is 0. The fourth-order valence-electron chi connectivity index (χ4n) is 0.659. The van der Waals surface area contributed by atoms with Crippen LogP contribution in [0, 0.1) is 0 Å². The highest BCUT2D eigenvalue weighted by Crippen LogP contribution is 2.36. The Morgan fingerprint density at radius 2 is 2.08 bits per heavy atom. The Bertz CT molecular complexity index is 345. The van der Waals surface area contributed by atoms with E-state index in [1.165, 1.54) is 0 Å². The third-order valence-corrected chi connectivity index (χ3v) is 4.64. The number of halogens is 2. The molecule has 3 nitrogen and oxygen atoms in total. The van der Waals surface area contributed by atoms with Gasteiger partial charge in [0.05, 0.1) is 13.8 Å². The van der Waals surface area contributed by atoms with Crippen molar-refractivity contribution >= 4 is 55.5 Å². The summed E-state index contributed by atoms with van der Waals surface area (Å²) in [4.78, 5) is 21.1. The molecule has 0 aromatic carbocycles. The van der Waals surface area contributed by atoms with Crippen LogP contribution in [0.4, 0.5) is 0 Å². The van der Waals surface area contributed by atoms with E-state index in [0.717, 1.165) is 11.3 Å². The number of aromatic carboxylic acids is 1. The van der Waals surface area contributed by atoms with Gasteiger partial charge < -0.3 is 5.11 Å². The first-order valence-electron chi connectivity index (χ1n) is 2.74. The Morgan fingerprint density at radius 1 is 1.50 bits per heavy atom. The second kappa shape index (κ2) is 3.67. The maximum absolute atomic E-state index is 10.6. The van der Waals surface area contributed by atoms with E-state index in [0.29, 0.717) is 14.5 Å². The standard InChI is InChI=1S/C6H2Br2O3S/c7-3-2(1-9)4(6(10)11)12-5(3)8/h1H,(H,10,11). The highest BCUT2D eigenvalue weighted by atomic mass is 79.9. The molecule has 0 unspecified atom stereocenters. The lowest BCUT2D eigenvalue weighted by Crippen LogP contribution is -1.96. The van der Waals surface area contributed by atoms with Crippen molar-refractivity contribution in [3.63, 3.8) is 0 Å². The van der Waals surface area contributed by atoms with Crippen molar-refractivity contribution < 1.29 is 14.7 Å². The van der Waals surface area contributed by atoms with E-state index < -0.39 is 5.97 Å². The van der Waals surface area contributed by atoms with Crippen molar-refractivity contribution in [3.8, 4) is 0 Å². The predicted molar refractivity (Wildman–Crippen MR) is 52.1 cm³/mol. The number of aldehydes is 1. The zero-order valence-corrected chi connectivity index (χ0v) is 9.49. The van der Waals surface area contributed by atoms with Crippen LogP contribution in [0.1, 0.15) is 20.0 Å². The van der Waals surface area contributed by atoms with Crippen molar-refractivity contribution in [1.82, 2.24) is 0 Å². The van der Waals surface area contributed by atoms with Gasteiger partial charge in [-0.2, -0.15) is 0 Å². The largest absolute Gasteiger partial charge is 0.477 e. The van der Waals surface area contributed by atoms with Gasteiger partial charge in [0.2, 0.25) is 0 Å². The average Bonchev–Trinajstić information content (AvgIpc) is 2.29. The van der Waals surface area contributed by atoms with E-state index >= 15 is 0 Å². The minimum absolute atomic E-state index is 0.0451. The molecule has 1 N–H and O–H groups in total. The molecular weight excluding hydrogens is 312 g/mol. The fraction of sp³-hybridized carbons (Fsp3) is 0. The predicted octanol–water partition coefficient (Wildman–Crippen LogP) is 2.78. The van der Waals surface area contributed by atoms with E-state index in [9.17, 15) is 9.59 Å². The van der Waals surface area contributed by atoms with Gasteiger partial charge in [0.1, 0.15) is 4.88 Å². The summed E-state index contributed by atoms with van der Waals surface area (Å²) in [5.74, 6) is -1.09. The Hall–Kier alpha value is -0.200. The molecule has 0 fully saturated rings. The van der Waals surface area contributed by atoms with Gasteiger partial charge in [-0.05, 0) is 31.9 Å². The molecule has 0 aliphatic carbocycles. The van der Waals surface area contributed by atoms with Crippen LogP contribution in [0.5, 0.6) is 0 Å². The van der Waals surface area contributed by atoms with Crippen LogP contribution in [0.25, 0.3) is 0 Å². The number of carbonyl (C=O) groups is 2. The monoisotopic (exact) mass is 312 g/mol. The number of rotatable bonds is 2. The summed E-state index contributed by atoms with van der Waals surface area (Å²) < 4.78 is 1.11. The van der Waals surface area contributed by atoms with Crippen LogP contribution in [-0.4, -0.2) is 17.4 Å². The molecule has 0 bridgehead atoms. The quantitative estimate of drug-likeness (QED) is 0.854. The zero-order valence-electron chi connectivity index (χ0n) is 5.51. The molecule has 1 aromatic heterocycles. The second-order valence-corrected chi connectivity index (χ2v) is 4.99. The van der Waals surface area contributed by atoms with Crippen LogP contribution in [0.15, 0.2) is 8.26 Å². The first-order chi connectivity index (χ1) is 5.57. The number of hydrogen-bond acceptors (Lipinski definition) is 3. The molecule has 12 heavy (non-hydrogen) atoms. The Labute approximate surface area is 88.7 Å². The zero-order chi connectivity index (χ0) is 9.30. The fourth-order valence-corrected chi connectivity index (χ4v) is 2.75. The van der Waals surface area contributed by atoms with Crippen LogP contribution >= 0.6 is 43.2 Å². The normalized spacial score (nSPS) is 9.83. The molecule has 0 atom stereocenters. The third-order valence-electron chi connectivity index (χ3n) is 1.16. The first-order valence-corrected chi connectivity index (χ1v) is 5.14. The third kappa shape index (κ3) is 1.60. The molecule has 0 saturated heterocycles. The molecule has 0 radical (unpaired) electrons. The van der Waals surface area contributed by atoms with Crippen molar-refractivity contribution in [2.75, 3.05) is 0 Å². The van der Waals surface area contributed by atoms with Crippen molar-refractivity contribution in [2.45, 2.75) is 0 Å². The van der Waals surface area contributed by atoms with Gasteiger partial charge in [-0.3, -0.25) is 4.79 Å². The minimum atomic E-state index is -1.09. The van der Waals surface area contributed by atoms with Gasteiger partial charge in [-0.1, -0.05) is 0 Å². The van der Waals surface area contributed by atoms with Gasteiger partial charge in [-0.15, -0.1) is 11.3 Å². The smallest absolute Gasteiger partial charge is 0.346 e. The molecule has 0 aliphatic heterocycles. The number of carboxylic acid groups (broad SMARTS) is 1. The van der Waals surface area contributed by atoms with E-state index in [1.807, 2.05) is 0 Å². The van der Waals surface area contributed by atoms with Crippen molar-refractivity contribution in [1.29, 1.82) is 0 Å². The van der Waals surface area contributed by atoms with Crippen LogP contribution in [0.2, 0.25) is 0 Å². The van der Waals surface area contributed by atoms with Crippen LogP contribution in [-0.2, 0) is 0 Å². The molecule has 1 heterocycles. The number of carbonyl (C=O) groups excluding carboxylic acids is 1. The SMILES string of the molecule is O=Cc1c(C(=O)O)sc(Br)c1Br. The molecule has 6 heteroatoms. The summed E-state index contributed by atoms with van der Waals surface area (Å²) in [5.41, 5.74) is 0.180. The maximum atomic E-state index is 10.6. The molecule has 1 aromatic rings. The summed E-state index contributed by atoms with van der Waals surface area (Å²) in [6.45, 7) is 0. The van der Waals surface area contributed by atoms with E-state index in [4.69, 9.17) is 5.11 Å². The molecule has 0 aliphatic rings. The molecule has 0 saturated carbocycles. The Kier molecular flexibility index (Phi) is 3.03. The lowest BCUT2D eigenvalue weighted by atomic mass is 10.3. The average molecular weight is 314 g/mol. The topological polar surface area (TPSA) is 54.4 Å². The van der Waals surface area contributed by atoms with E-state index in [2.05, 4.69) is 31.9 Å². The van der Waals surface area contributed by atoms with Crippen LogP contribution in [0.3, 0.4) is 0 Å². The summed E-state index contributed by atoms with van der Waals surface area (Å²) >= 11 is 7.24. The summed E-state index contributed by atoms with van der Waals surface area (Å²) in [6.07, 6.45) is 0.523. The van der Waals surface area contributed by atoms with Gasteiger partial charge in [0, 0.05) is 0 Å².